The molecule has 7 heteroatoms. The van der Waals surface area contributed by atoms with E-state index in [1.165, 1.54) is 0 Å². The highest BCUT2D eigenvalue weighted by molar-refractivity contribution is 7.13. The lowest BCUT2D eigenvalue weighted by atomic mass is 13.0. The molecule has 48 valence electrons. The van der Waals surface area contributed by atoms with Crippen LogP contribution in [-0.4, -0.2) is 0 Å². The van der Waals surface area contributed by atoms with E-state index >= 15 is 0 Å². The number of nitrogens with two attached hydrogens (primary N) is 5. The summed E-state index contributed by atoms with van der Waals surface area (Å²) in [5.41, 5.74) is 0. The molecule has 0 bridgehead atoms. The topological polar surface area (TPSA) is 142 Å². The quantitative estimate of drug-likeness (QED) is 0.116. The molecule has 0 saturated heterocycles. The van der Waals surface area contributed by atoms with Crippen molar-refractivity contribution in [3.8, 4) is 0 Å². The Morgan fingerprint density at radius 1 is 1.00 bits per heavy atom. The first-order valence-corrected chi connectivity index (χ1v) is 1.82. The van der Waals surface area contributed by atoms with Crippen LogP contribution in [0.3, 0.4) is 0 Å². The molecule has 0 aliphatic carbocycles. The fourth-order valence-corrected chi connectivity index (χ4v) is 0. The van der Waals surface area contributed by atoms with E-state index in [2.05, 4.69) is 43.8 Å². The third-order valence-corrected chi connectivity index (χ3v) is 0. The summed E-state index contributed by atoms with van der Waals surface area (Å²) >= 11 is 0. The second kappa shape index (κ2) is 118. The van der Waals surface area contributed by atoms with Crippen LogP contribution in [0.15, 0.2) is 0 Å². The van der Waals surface area contributed by atoms with E-state index in [1.807, 2.05) is 0 Å². The number of rotatable bonds is 0. The average molecular weight is 128 g/mol. The third kappa shape index (κ3) is 3010. The Balaban J connectivity index is -0.0000000360. The Morgan fingerprint density at radius 2 is 1.00 bits per heavy atom. The van der Waals surface area contributed by atoms with Crippen LogP contribution in [0.2, 0.25) is 0 Å². The zero-order valence-electron chi connectivity index (χ0n) is 3.96. The monoisotopic (exact) mass is 128 g/mol. The smallest absolute Gasteiger partial charge is 0.0525 e. The highest BCUT2D eigenvalue weighted by Gasteiger charge is 1.22. The molecular weight excluding hydrogens is 115 g/mol. The summed E-state index contributed by atoms with van der Waals surface area (Å²) in [7, 11) is 2.11. The Hall–Kier alpha value is 0.190. The zero-order chi connectivity index (χ0) is 6.71. The van der Waals surface area contributed by atoms with Crippen LogP contribution in [0.5, 0.6) is 0 Å². The number of hydrogen-bond acceptors (Lipinski definition) is 6. The van der Waals surface area contributed by atoms with Crippen molar-refractivity contribution in [2.75, 3.05) is 0 Å². The molecule has 6 nitrogen and oxygen atoms in total. The van der Waals surface area contributed by atoms with Gasteiger partial charge in [0.1, 0.15) is 0 Å². The largest absolute Gasteiger partial charge is 0.274 e. The Bertz CT molecular complexity index is 4.14. The average Bonchev–Trinajstić information content (AvgIpc) is 1.78. The molecule has 0 saturated carbocycles. The molecule has 7 heavy (non-hydrogen) atoms. The molecule has 0 aromatic carbocycles. The number of nitrogens with one attached hydrogen (secondary N) is 1. The van der Waals surface area contributed by atoms with E-state index in [-0.39, 0.29) is 0 Å². The Kier molecular flexibility index (Phi) is 264. The van der Waals surface area contributed by atoms with E-state index < -0.39 is 0 Å². The summed E-state index contributed by atoms with van der Waals surface area (Å²) < 4.78 is 0. The first-order valence-electron chi connectivity index (χ1n) is 1.24. The van der Waals surface area contributed by atoms with Gasteiger partial charge in [0.15, 0.2) is 0 Å². The summed E-state index contributed by atoms with van der Waals surface area (Å²) in [6.07, 6.45) is 0. The van der Waals surface area contributed by atoms with Crippen LogP contribution in [0.25, 0.3) is 0 Å². The highest BCUT2D eigenvalue weighted by Crippen LogP contribution is 1.44. The predicted molar refractivity (Wildman–Crippen MR) is 33.8 cm³/mol. The molecule has 0 spiro atoms. The molecule has 0 aliphatic rings. The van der Waals surface area contributed by atoms with Gasteiger partial charge in [-0.25, -0.2) is 5.20 Å². The maximum Gasteiger partial charge on any atom is -0.0525 e. The predicted octanol–water partition coefficient (Wildman–Crippen LogP) is -3.12. The second-order valence-corrected chi connectivity index (χ2v) is 0.500. The number of hydrazine groups is 3. The van der Waals surface area contributed by atoms with Gasteiger partial charge in [0, 0.05) is 0 Å². The van der Waals surface area contributed by atoms with Crippen LogP contribution >= 0.6 is 9.39 Å². The zero-order valence-corrected chi connectivity index (χ0v) is 5.12. The van der Waals surface area contributed by atoms with Crippen molar-refractivity contribution >= 4 is 9.39 Å². The molecule has 0 fully saturated rings. The molecule has 0 aliphatic heterocycles. The van der Waals surface area contributed by atoms with Gasteiger partial charge in [-0.3, -0.25) is 29.2 Å². The van der Waals surface area contributed by atoms with Crippen molar-refractivity contribution in [2.45, 2.75) is 0 Å². The minimum atomic E-state index is 2.11. The molecule has 0 heterocycles. The van der Waals surface area contributed by atoms with Crippen molar-refractivity contribution in [3.63, 3.8) is 0 Å². The minimum Gasteiger partial charge on any atom is -0.274 e. The maximum atomic E-state index is 4.56. The lowest BCUT2D eigenvalue weighted by Crippen LogP contribution is -2.04. The molecule has 1 atom stereocenters. The van der Waals surface area contributed by atoms with E-state index in [0.717, 1.165) is 0 Å². The van der Waals surface area contributed by atoms with Gasteiger partial charge < -0.3 is 0 Å². The summed E-state index contributed by atoms with van der Waals surface area (Å²) in [6, 6.07) is 0. The lowest BCUT2D eigenvalue weighted by molar-refractivity contribution is 1.12. The van der Waals surface area contributed by atoms with Gasteiger partial charge in [0.05, 0.1) is 0 Å². The van der Waals surface area contributed by atoms with Crippen LogP contribution in [-0.2, 0) is 0 Å². The van der Waals surface area contributed by atoms with Gasteiger partial charge in [0.2, 0.25) is 0 Å². The molecular formula is H13N6P. The summed E-state index contributed by atoms with van der Waals surface area (Å²) in [5, 5.41) is 2.17. The van der Waals surface area contributed by atoms with Crippen molar-refractivity contribution in [1.29, 1.82) is 0 Å². The van der Waals surface area contributed by atoms with Crippen LogP contribution < -0.4 is 34.4 Å². The lowest BCUT2D eigenvalue weighted by Gasteiger charge is -1.62. The molecule has 0 aromatic rings. The van der Waals surface area contributed by atoms with E-state index in [9.17, 15) is 0 Å². The first kappa shape index (κ1) is 15.7. The Morgan fingerprint density at radius 3 is 1.00 bits per heavy atom. The Labute approximate surface area is 44.9 Å². The summed E-state index contributed by atoms with van der Waals surface area (Å²) in [4.78, 5) is 0. The maximum absolute atomic E-state index is 4.56. The van der Waals surface area contributed by atoms with Crippen molar-refractivity contribution < 1.29 is 0 Å². The summed E-state index contributed by atoms with van der Waals surface area (Å²) in [6.45, 7) is 0. The van der Waals surface area contributed by atoms with Gasteiger partial charge in [0.25, 0.3) is 0 Å². The minimum absolute atomic E-state index is 2.11. The van der Waals surface area contributed by atoms with Crippen LogP contribution in [0.1, 0.15) is 0 Å². The van der Waals surface area contributed by atoms with E-state index in [4.69, 9.17) is 0 Å². The van der Waals surface area contributed by atoms with Gasteiger partial charge >= 0.3 is 0 Å². The molecule has 0 rings (SSSR count). The van der Waals surface area contributed by atoms with Gasteiger partial charge in [-0.1, -0.05) is 9.39 Å². The molecule has 1 unspecified atom stereocenters. The van der Waals surface area contributed by atoms with Gasteiger partial charge in [-0.05, 0) is 0 Å². The van der Waals surface area contributed by atoms with E-state index in [0.29, 0.717) is 0 Å². The highest BCUT2D eigenvalue weighted by atomic mass is 31.0. The van der Waals surface area contributed by atoms with Crippen LogP contribution in [0.4, 0.5) is 0 Å². The second-order valence-electron chi connectivity index (χ2n) is 0.167. The van der Waals surface area contributed by atoms with Gasteiger partial charge in [-0.2, -0.15) is 0 Å². The third-order valence-electron chi connectivity index (χ3n) is 0. The summed E-state index contributed by atoms with van der Waals surface area (Å²) in [5.74, 6) is 20.6. The van der Waals surface area contributed by atoms with Crippen LogP contribution in [0, 0.1) is 0 Å². The van der Waals surface area contributed by atoms with Crippen molar-refractivity contribution in [1.82, 2.24) is 5.20 Å². The fourth-order valence-electron chi connectivity index (χ4n) is 0. The molecule has 0 aromatic heterocycles. The SMILES string of the molecule is NN.NN.NNP. The first-order chi connectivity index (χ1) is 3.41. The molecule has 0 radical (unpaired) electrons. The number of hydrogen-bond donors (Lipinski definition) is 6. The molecule has 0 amide bonds. The van der Waals surface area contributed by atoms with Gasteiger partial charge in [-0.15, -0.1) is 0 Å². The standard InChI is InChI=1S/H5N2P.2H4N2/c1-2-3;2*1-2/h2H,1,3H2;2*1-2H2. The van der Waals surface area contributed by atoms with Crippen molar-refractivity contribution in [2.24, 2.45) is 29.2 Å². The normalized spacial score (nSPS) is 4.29. The molecule has 11 N–H and O–H groups in total. The van der Waals surface area contributed by atoms with E-state index in [1.54, 1.807) is 0 Å². The fraction of sp³-hybridized carbons (Fsp3) is 0. The van der Waals surface area contributed by atoms with Crippen molar-refractivity contribution in [3.05, 3.63) is 0 Å².